The molecule has 70 N–H and O–H groups in total. The Hall–Kier alpha value is -13.0. The number of carboxylic acid groups (broad SMARTS) is 10. The fraction of sp³-hybridized carbons (Fsp3) is 0.667. The maximum absolute atomic E-state index is 10.2. The first-order chi connectivity index (χ1) is 55.4. The van der Waals surface area contributed by atoms with Crippen LogP contribution in [0.25, 0.3) is 0 Å². The molecule has 10 atom stereocenters. The Morgan fingerprint density at radius 3 is 0.267 bits per heavy atom. The number of aliphatic carboxylic acids is 10. The summed E-state index contributed by atoms with van der Waals surface area (Å²) in [7, 11) is 0. The summed E-state index contributed by atoms with van der Waals surface area (Å²) in [5.74, 6) is -11.1. The SMILES string of the molecule is N=C(N)NCCC[C@H](N)C(=O)O.N=C(N)NCCC[C@H](N)C(=O)O.N=C(N)NCCC[C@H](N)C(=O)O.N=C(N)NCCC[C@H](N)C(=O)O.N=C(N)NCCC[C@H](N)C(=O)O.N=C(N)NCCC[C@H](N)C(=O)O.N=C(N)NCCC[C@H](N)C(=O)O.N=C(N)NCCC[C@H](N)C(=O)O.N=C(N)NCCC[C@H](N)C(=O)O.N=C(N)NCCC[C@H](N)C(=O)O. The number of rotatable bonds is 50. The third-order valence-electron chi connectivity index (χ3n) is 13.2. The molecule has 0 saturated carbocycles. The third kappa shape index (κ3) is 121. The minimum absolute atomic E-state index is 0.112. The lowest BCUT2D eigenvalue weighted by Crippen LogP contribution is -2.34. The van der Waals surface area contributed by atoms with Crippen molar-refractivity contribution in [1.82, 2.24) is 53.2 Å². The van der Waals surface area contributed by atoms with E-state index in [4.69, 9.17) is 220 Å². The molecule has 0 bridgehead atoms. The van der Waals surface area contributed by atoms with Gasteiger partial charge in [0.15, 0.2) is 59.6 Å². The second-order valence-corrected chi connectivity index (χ2v) is 24.3. The molecule has 0 radical (unpaired) electrons. The van der Waals surface area contributed by atoms with Crippen LogP contribution in [0.15, 0.2) is 0 Å². The number of hydrogen-bond donors (Lipinski definition) is 50. The van der Waals surface area contributed by atoms with Crippen molar-refractivity contribution in [1.29, 1.82) is 54.1 Å². The van der Waals surface area contributed by atoms with E-state index in [1.165, 1.54) is 0 Å². The van der Waals surface area contributed by atoms with Gasteiger partial charge in [-0.25, -0.2) is 0 Å². The molecular weight excluding hydrogens is 1600 g/mol. The zero-order valence-corrected chi connectivity index (χ0v) is 67.1. The molecule has 120 heavy (non-hydrogen) atoms. The summed E-state index contributed by atoms with van der Waals surface area (Å²) in [6, 6.07) is -8.21. The van der Waals surface area contributed by atoms with Crippen LogP contribution in [0.1, 0.15) is 128 Å². The lowest BCUT2D eigenvalue weighted by Gasteiger charge is -2.06. The van der Waals surface area contributed by atoms with Crippen LogP contribution in [0, 0.1) is 54.1 Å². The van der Waals surface area contributed by atoms with Crippen LogP contribution in [-0.4, -0.2) is 296 Å². The van der Waals surface area contributed by atoms with Gasteiger partial charge in [-0.1, -0.05) is 0 Å². The largest absolute Gasteiger partial charge is 0.480 e. The second kappa shape index (κ2) is 85.4. The molecule has 0 aromatic carbocycles. The van der Waals surface area contributed by atoms with Gasteiger partial charge in [-0.15, -0.1) is 0 Å². The highest BCUT2D eigenvalue weighted by molar-refractivity contribution is 5.80. The predicted octanol–water partition coefficient (Wildman–Crippen LogP) is -13.4. The molecule has 0 spiro atoms. The smallest absolute Gasteiger partial charge is 0.320 e. The fourth-order valence-corrected chi connectivity index (χ4v) is 6.69. The van der Waals surface area contributed by atoms with Crippen molar-refractivity contribution in [2.24, 2.45) is 115 Å². The molecule has 0 saturated heterocycles. The van der Waals surface area contributed by atoms with E-state index < -0.39 is 120 Å². The molecule has 60 nitrogen and oxygen atoms in total. The number of hydrogen-bond acceptors (Lipinski definition) is 30. The molecule has 0 heterocycles. The van der Waals surface area contributed by atoms with Gasteiger partial charge in [0.2, 0.25) is 0 Å². The number of carbonyl (C=O) groups is 10. The third-order valence-corrected chi connectivity index (χ3v) is 13.2. The predicted molar refractivity (Wildman–Crippen MR) is 448 cm³/mol. The highest BCUT2D eigenvalue weighted by Gasteiger charge is 2.17. The average Bonchev–Trinajstić information content (AvgIpc) is 1.06. The van der Waals surface area contributed by atoms with Gasteiger partial charge in [-0.05, 0) is 128 Å². The zero-order chi connectivity index (χ0) is 95.6. The van der Waals surface area contributed by atoms with Gasteiger partial charge >= 0.3 is 59.7 Å². The van der Waals surface area contributed by atoms with Crippen LogP contribution < -0.4 is 168 Å². The summed E-state index contributed by atoms with van der Waals surface area (Å²) in [5, 5.41) is 177. The van der Waals surface area contributed by atoms with Crippen LogP contribution in [-0.2, 0) is 47.9 Å². The summed E-state index contributed by atoms with van der Waals surface area (Å²) < 4.78 is 0. The maximum Gasteiger partial charge on any atom is 0.320 e. The number of nitrogens with two attached hydrogens (primary N) is 20. The van der Waals surface area contributed by atoms with E-state index in [9.17, 15) is 47.9 Å². The van der Waals surface area contributed by atoms with Crippen molar-refractivity contribution in [3.8, 4) is 0 Å². The van der Waals surface area contributed by atoms with Crippen molar-refractivity contribution >= 4 is 119 Å². The molecule has 0 fully saturated rings. The molecule has 0 aromatic heterocycles. The summed E-state index contributed by atoms with van der Waals surface area (Å²) in [6.07, 6.45) is 9.75. The summed E-state index contributed by atoms with van der Waals surface area (Å²) in [6.45, 7) is 4.82. The van der Waals surface area contributed by atoms with Gasteiger partial charge in [0.05, 0.1) is 0 Å². The Morgan fingerprint density at radius 2 is 0.225 bits per heavy atom. The summed E-state index contributed by atoms with van der Waals surface area (Å²) in [5.41, 5.74) is 102. The number of nitrogens with one attached hydrogen (secondary N) is 20. The van der Waals surface area contributed by atoms with Crippen LogP contribution in [0.4, 0.5) is 0 Å². The molecule has 0 aromatic rings. The van der Waals surface area contributed by atoms with Crippen LogP contribution in [0.5, 0.6) is 0 Å². The molecule has 0 aliphatic carbocycles. The van der Waals surface area contributed by atoms with Gasteiger partial charge in [0.1, 0.15) is 60.4 Å². The first-order valence-corrected chi connectivity index (χ1v) is 36.0. The van der Waals surface area contributed by atoms with Crippen molar-refractivity contribution in [2.45, 2.75) is 189 Å². The van der Waals surface area contributed by atoms with Gasteiger partial charge in [-0.3, -0.25) is 102 Å². The average molecular weight is 1740 g/mol. The molecular formula is C60H140N40O20. The number of carboxylic acids is 10. The number of guanidine groups is 10. The zero-order valence-electron chi connectivity index (χ0n) is 67.1. The minimum atomic E-state index is -1.00. The van der Waals surface area contributed by atoms with Gasteiger partial charge < -0.3 is 219 Å². The molecule has 0 aliphatic heterocycles. The standard InChI is InChI=1S/10C6H14N4O2/c10*7-4(5(11)12)2-1-3-10-6(8)9/h10*4H,1-3,7H2,(H,11,12)(H4,8,9,10)/t10*4-/m0000000000/s1. The van der Waals surface area contributed by atoms with E-state index in [2.05, 4.69) is 53.2 Å². The molecule has 60 heteroatoms. The molecule has 0 unspecified atom stereocenters. The lowest BCUT2D eigenvalue weighted by molar-refractivity contribution is -0.139. The Balaban J connectivity index is -0.000000140. The quantitative estimate of drug-likeness (QED) is 0.0153. The van der Waals surface area contributed by atoms with E-state index >= 15 is 0 Å². The Kier molecular flexibility index (Phi) is 90.9. The van der Waals surface area contributed by atoms with Crippen molar-refractivity contribution in [3.63, 3.8) is 0 Å². The van der Waals surface area contributed by atoms with Crippen LogP contribution in [0.3, 0.4) is 0 Å². The van der Waals surface area contributed by atoms with Gasteiger partial charge in [0, 0.05) is 65.4 Å². The lowest BCUT2D eigenvalue weighted by atomic mass is 10.2. The molecule has 700 valence electrons. The Bertz CT molecular complexity index is 2340. The summed E-state index contributed by atoms with van der Waals surface area (Å²) in [4.78, 5) is 102. The second-order valence-electron chi connectivity index (χ2n) is 24.3. The molecule has 0 amide bonds. The van der Waals surface area contributed by atoms with E-state index in [1.807, 2.05) is 0 Å². The normalized spacial score (nSPS) is 12.1. The first-order valence-electron chi connectivity index (χ1n) is 36.0. The fourth-order valence-electron chi connectivity index (χ4n) is 6.69. The topological polar surface area (TPSA) is 1250 Å². The van der Waals surface area contributed by atoms with Crippen LogP contribution in [0.2, 0.25) is 0 Å². The van der Waals surface area contributed by atoms with E-state index in [0.717, 1.165) is 0 Å². The van der Waals surface area contributed by atoms with E-state index in [-0.39, 0.29) is 59.6 Å². The van der Waals surface area contributed by atoms with Crippen molar-refractivity contribution in [2.75, 3.05) is 65.4 Å². The van der Waals surface area contributed by atoms with E-state index in [0.29, 0.717) is 194 Å². The van der Waals surface area contributed by atoms with Crippen LogP contribution >= 0.6 is 0 Å². The van der Waals surface area contributed by atoms with Gasteiger partial charge in [-0.2, -0.15) is 0 Å². The minimum Gasteiger partial charge on any atom is -0.480 e. The first kappa shape index (κ1) is 128. The highest BCUT2D eigenvalue weighted by Crippen LogP contribution is 1.99. The van der Waals surface area contributed by atoms with Crippen molar-refractivity contribution in [3.05, 3.63) is 0 Å². The highest BCUT2D eigenvalue weighted by atomic mass is 16.4. The van der Waals surface area contributed by atoms with Crippen molar-refractivity contribution < 1.29 is 99.0 Å². The van der Waals surface area contributed by atoms with E-state index in [1.54, 1.807) is 0 Å². The molecule has 0 aliphatic rings. The molecule has 0 rings (SSSR count). The Labute approximate surface area is 692 Å². The Morgan fingerprint density at radius 1 is 0.167 bits per heavy atom. The monoisotopic (exact) mass is 1740 g/mol. The van der Waals surface area contributed by atoms with Gasteiger partial charge in [0.25, 0.3) is 0 Å². The summed E-state index contributed by atoms with van der Waals surface area (Å²) >= 11 is 0. The maximum atomic E-state index is 10.2.